The minimum atomic E-state index is -0.212. The van der Waals surface area contributed by atoms with Crippen molar-refractivity contribution in [1.29, 1.82) is 0 Å². The zero-order valence-corrected chi connectivity index (χ0v) is 16.6. The van der Waals surface area contributed by atoms with E-state index in [2.05, 4.69) is 16.4 Å². The summed E-state index contributed by atoms with van der Waals surface area (Å²) in [6.45, 7) is 2.71. The van der Waals surface area contributed by atoms with E-state index in [-0.39, 0.29) is 11.8 Å². The van der Waals surface area contributed by atoms with Crippen LogP contribution in [0.5, 0.6) is 0 Å². The van der Waals surface area contributed by atoms with E-state index < -0.39 is 0 Å². The van der Waals surface area contributed by atoms with Gasteiger partial charge in [0.05, 0.1) is 0 Å². The number of anilines is 2. The van der Waals surface area contributed by atoms with Crippen LogP contribution in [0, 0.1) is 6.92 Å². The molecule has 1 aromatic heterocycles. The van der Waals surface area contributed by atoms with Gasteiger partial charge in [-0.3, -0.25) is 9.59 Å². The summed E-state index contributed by atoms with van der Waals surface area (Å²) in [6.07, 6.45) is 0.875. The largest absolute Gasteiger partial charge is 0.351 e. The maximum absolute atomic E-state index is 12.9. The number of carbonyl (C=O) groups is 2. The van der Waals surface area contributed by atoms with Crippen LogP contribution in [0.15, 0.2) is 72.8 Å². The van der Waals surface area contributed by atoms with Crippen LogP contribution < -0.4 is 10.2 Å². The van der Waals surface area contributed by atoms with Crippen molar-refractivity contribution in [1.82, 2.24) is 4.98 Å². The zero-order chi connectivity index (χ0) is 20.7. The van der Waals surface area contributed by atoms with Gasteiger partial charge in [0.25, 0.3) is 11.8 Å². The maximum atomic E-state index is 12.9. The number of hydrogen-bond acceptors (Lipinski definition) is 2. The second kappa shape index (κ2) is 7.19. The minimum absolute atomic E-state index is 0.0242. The Morgan fingerprint density at radius 2 is 1.77 bits per heavy atom. The summed E-state index contributed by atoms with van der Waals surface area (Å²) in [5.74, 6) is -0.236. The average molecular weight is 395 g/mol. The first-order chi connectivity index (χ1) is 14.6. The first kappa shape index (κ1) is 18.2. The first-order valence-corrected chi connectivity index (χ1v) is 9.99. The predicted molar refractivity (Wildman–Crippen MR) is 119 cm³/mol. The van der Waals surface area contributed by atoms with E-state index in [0.717, 1.165) is 28.6 Å². The highest BCUT2D eigenvalue weighted by atomic mass is 16.2. The molecule has 0 unspecified atom stereocenters. The van der Waals surface area contributed by atoms with Gasteiger partial charge in [0, 0.05) is 34.4 Å². The molecule has 1 aliphatic heterocycles. The Morgan fingerprint density at radius 3 is 2.60 bits per heavy atom. The molecule has 5 nitrogen and oxygen atoms in total. The Labute approximate surface area is 174 Å². The third kappa shape index (κ3) is 3.24. The Balaban J connectivity index is 1.31. The number of H-pyrrole nitrogens is 1. The molecule has 5 heteroatoms. The van der Waals surface area contributed by atoms with Crippen LogP contribution in [0.4, 0.5) is 11.4 Å². The number of hydrogen-bond donors (Lipinski definition) is 2. The molecule has 148 valence electrons. The topological polar surface area (TPSA) is 65.2 Å². The van der Waals surface area contributed by atoms with E-state index >= 15 is 0 Å². The number of nitrogens with one attached hydrogen (secondary N) is 2. The predicted octanol–water partition coefficient (Wildman–Crippen LogP) is 4.93. The van der Waals surface area contributed by atoms with Crippen molar-refractivity contribution in [2.75, 3.05) is 16.8 Å². The lowest BCUT2D eigenvalue weighted by atomic mass is 10.1. The van der Waals surface area contributed by atoms with Crippen molar-refractivity contribution >= 4 is 34.1 Å². The van der Waals surface area contributed by atoms with Crippen molar-refractivity contribution in [3.63, 3.8) is 0 Å². The third-order valence-corrected chi connectivity index (χ3v) is 5.54. The summed E-state index contributed by atoms with van der Waals surface area (Å²) in [4.78, 5) is 30.5. The molecule has 0 bridgehead atoms. The van der Waals surface area contributed by atoms with Crippen LogP contribution in [-0.4, -0.2) is 23.3 Å². The molecule has 0 aliphatic carbocycles. The molecule has 0 atom stereocenters. The van der Waals surface area contributed by atoms with E-state index in [1.165, 1.54) is 5.56 Å². The summed E-state index contributed by atoms with van der Waals surface area (Å²) in [5.41, 5.74) is 6.00. The fourth-order valence-electron chi connectivity index (χ4n) is 3.96. The normalized spacial score (nSPS) is 12.8. The molecule has 3 aromatic carbocycles. The molecule has 5 rings (SSSR count). The molecular weight excluding hydrogens is 374 g/mol. The lowest BCUT2D eigenvalue weighted by Crippen LogP contribution is -2.28. The molecule has 0 fully saturated rings. The molecule has 2 heterocycles. The molecule has 0 spiro atoms. The first-order valence-electron chi connectivity index (χ1n) is 9.99. The summed E-state index contributed by atoms with van der Waals surface area (Å²) in [6, 6.07) is 22.9. The molecular formula is C25H21N3O2. The highest BCUT2D eigenvalue weighted by Gasteiger charge is 2.25. The lowest BCUT2D eigenvalue weighted by molar-refractivity contribution is 0.0988. The summed E-state index contributed by atoms with van der Waals surface area (Å²) >= 11 is 0. The highest BCUT2D eigenvalue weighted by Crippen LogP contribution is 2.29. The van der Waals surface area contributed by atoms with E-state index in [1.807, 2.05) is 54.3 Å². The van der Waals surface area contributed by atoms with Gasteiger partial charge in [-0.2, -0.15) is 0 Å². The number of aromatic amines is 1. The van der Waals surface area contributed by atoms with Crippen molar-refractivity contribution in [3.8, 4) is 0 Å². The highest BCUT2D eigenvalue weighted by molar-refractivity contribution is 6.08. The van der Waals surface area contributed by atoms with Gasteiger partial charge in [-0.1, -0.05) is 30.3 Å². The monoisotopic (exact) mass is 395 g/mol. The van der Waals surface area contributed by atoms with E-state index in [1.54, 1.807) is 24.3 Å². The van der Waals surface area contributed by atoms with E-state index in [0.29, 0.717) is 23.5 Å². The molecule has 0 radical (unpaired) electrons. The summed E-state index contributed by atoms with van der Waals surface area (Å²) < 4.78 is 0. The third-order valence-electron chi connectivity index (χ3n) is 5.54. The van der Waals surface area contributed by atoms with Crippen molar-refractivity contribution in [3.05, 3.63) is 95.2 Å². The molecule has 30 heavy (non-hydrogen) atoms. The maximum Gasteiger partial charge on any atom is 0.272 e. The number of rotatable bonds is 3. The quantitative estimate of drug-likeness (QED) is 0.516. The smallest absolute Gasteiger partial charge is 0.272 e. The fourth-order valence-corrected chi connectivity index (χ4v) is 3.96. The molecule has 1 aliphatic rings. The van der Waals surface area contributed by atoms with Crippen molar-refractivity contribution in [2.24, 2.45) is 0 Å². The molecule has 2 amide bonds. The van der Waals surface area contributed by atoms with Crippen LogP contribution in [-0.2, 0) is 6.42 Å². The van der Waals surface area contributed by atoms with Crippen LogP contribution in [0.2, 0.25) is 0 Å². The summed E-state index contributed by atoms with van der Waals surface area (Å²) in [7, 11) is 0. The lowest BCUT2D eigenvalue weighted by Gasteiger charge is -2.17. The van der Waals surface area contributed by atoms with Crippen molar-refractivity contribution in [2.45, 2.75) is 13.3 Å². The van der Waals surface area contributed by atoms with Gasteiger partial charge in [-0.25, -0.2) is 0 Å². The van der Waals surface area contributed by atoms with Gasteiger partial charge in [-0.05, 0) is 66.9 Å². The second-order valence-electron chi connectivity index (χ2n) is 7.64. The van der Waals surface area contributed by atoms with Gasteiger partial charge < -0.3 is 15.2 Å². The van der Waals surface area contributed by atoms with Gasteiger partial charge in [0.2, 0.25) is 0 Å². The van der Waals surface area contributed by atoms with Crippen molar-refractivity contribution < 1.29 is 9.59 Å². The Hall–Kier alpha value is -3.86. The number of amides is 2. The number of benzene rings is 3. The Bertz CT molecular complexity index is 1270. The van der Waals surface area contributed by atoms with Gasteiger partial charge in [0.1, 0.15) is 5.69 Å². The molecule has 4 aromatic rings. The Kier molecular flexibility index (Phi) is 4.36. The van der Waals surface area contributed by atoms with Crippen LogP contribution in [0.1, 0.15) is 32.0 Å². The minimum Gasteiger partial charge on any atom is -0.351 e. The van der Waals surface area contributed by atoms with Crippen LogP contribution >= 0.6 is 0 Å². The Morgan fingerprint density at radius 1 is 0.967 bits per heavy atom. The number of aromatic nitrogens is 1. The standard InChI is InChI=1S/C25H21N3O2/c1-16-6-7-19-15-22(27-21(19)14-16)24(29)26-20-10-8-18(9-11-20)25(30)28-13-12-17-4-2-3-5-23(17)28/h2-11,14-15,27H,12-13H2,1H3,(H,26,29). The molecule has 2 N–H and O–H groups in total. The number of carbonyl (C=O) groups excluding carboxylic acids is 2. The van der Waals surface area contributed by atoms with Crippen LogP contribution in [0.3, 0.4) is 0 Å². The fraction of sp³-hybridized carbons (Fsp3) is 0.120. The van der Waals surface area contributed by atoms with E-state index in [4.69, 9.17) is 0 Å². The second-order valence-corrected chi connectivity index (χ2v) is 7.64. The van der Waals surface area contributed by atoms with Crippen LogP contribution in [0.25, 0.3) is 10.9 Å². The van der Waals surface area contributed by atoms with E-state index in [9.17, 15) is 9.59 Å². The number of fused-ring (bicyclic) bond motifs is 2. The number of para-hydroxylation sites is 1. The van der Waals surface area contributed by atoms with Gasteiger partial charge in [0.15, 0.2) is 0 Å². The number of aryl methyl sites for hydroxylation is 1. The summed E-state index contributed by atoms with van der Waals surface area (Å²) in [5, 5.41) is 3.89. The molecule has 0 saturated carbocycles. The van der Waals surface area contributed by atoms with Gasteiger partial charge >= 0.3 is 0 Å². The SMILES string of the molecule is Cc1ccc2cc(C(=O)Nc3ccc(C(=O)N4CCc5ccccc54)cc3)[nH]c2c1. The zero-order valence-electron chi connectivity index (χ0n) is 16.6. The average Bonchev–Trinajstić information content (AvgIpc) is 3.38. The molecule has 0 saturated heterocycles. The number of nitrogens with zero attached hydrogens (tertiary/aromatic N) is 1. The van der Waals surface area contributed by atoms with Gasteiger partial charge in [-0.15, -0.1) is 0 Å².